The first-order valence-electron chi connectivity index (χ1n) is 5.13. The van der Waals surface area contributed by atoms with Gasteiger partial charge in [0.15, 0.2) is 0 Å². The van der Waals surface area contributed by atoms with Gasteiger partial charge in [-0.05, 0) is 0 Å². The van der Waals surface area contributed by atoms with Crippen molar-refractivity contribution in [2.75, 3.05) is 12.3 Å². The molecule has 0 spiro atoms. The second-order valence-electron chi connectivity index (χ2n) is 3.66. The fourth-order valence-corrected chi connectivity index (χ4v) is 2.50. The van der Waals surface area contributed by atoms with Crippen LogP contribution in [0.3, 0.4) is 0 Å². The van der Waals surface area contributed by atoms with Crippen LogP contribution in [0.15, 0.2) is 24.3 Å². The topological polar surface area (TPSA) is 73.5 Å². The van der Waals surface area contributed by atoms with Gasteiger partial charge in [0.2, 0.25) is 0 Å². The second kappa shape index (κ2) is 4.39. The third kappa shape index (κ3) is 2.93. The van der Waals surface area contributed by atoms with Crippen molar-refractivity contribution in [1.82, 2.24) is 0 Å². The Balaban J connectivity index is 2.92. The molecular weight excluding hydrogens is 225 g/mol. The van der Waals surface area contributed by atoms with Crippen molar-refractivity contribution in [2.24, 2.45) is 0 Å². The van der Waals surface area contributed by atoms with E-state index >= 15 is 0 Å². The van der Waals surface area contributed by atoms with Gasteiger partial charge in [-0.2, -0.15) is 0 Å². The van der Waals surface area contributed by atoms with Gasteiger partial charge in [0.25, 0.3) is 0 Å². The molecule has 1 aromatic carbocycles. The van der Waals surface area contributed by atoms with E-state index in [2.05, 4.69) is 0 Å². The Bertz CT molecular complexity index is 400. The van der Waals surface area contributed by atoms with Crippen LogP contribution in [0, 0.1) is 11.3 Å². The van der Waals surface area contributed by atoms with Gasteiger partial charge in [-0.1, -0.05) is 0 Å². The van der Waals surface area contributed by atoms with Gasteiger partial charge in [-0.3, -0.25) is 0 Å². The minimum absolute atomic E-state index is 0.183. The van der Waals surface area contributed by atoms with Crippen LogP contribution >= 0.6 is 7.28 Å². The average molecular weight is 241 g/mol. The number of hydrogen-bond donors (Lipinski definition) is 2. The summed E-state index contributed by atoms with van der Waals surface area (Å²) in [7, 11) is -4.02. The molecule has 0 aromatic heterocycles. The fourth-order valence-electron chi connectivity index (χ4n) is 1.19. The van der Waals surface area contributed by atoms with Gasteiger partial charge in [0, 0.05) is 0 Å². The molecule has 0 unspecified atom stereocenters. The molecular formula is C11H16NO3P. The summed E-state index contributed by atoms with van der Waals surface area (Å²) in [6.07, 6.45) is 0.365. The van der Waals surface area contributed by atoms with Crippen LogP contribution in [0.1, 0.15) is 19.4 Å². The number of hydrogen-bond acceptors (Lipinski definition) is 4. The summed E-state index contributed by atoms with van der Waals surface area (Å²) in [6, 6.07) is 8.28. The Hall–Kier alpha value is -1.14. The van der Waals surface area contributed by atoms with E-state index in [4.69, 9.17) is 9.79 Å². The molecule has 0 fully saturated rings. The predicted octanol–water partition coefficient (Wildman–Crippen LogP) is 2.26. The predicted molar refractivity (Wildman–Crippen MR) is 64.2 cm³/mol. The molecule has 0 saturated heterocycles. The van der Waals surface area contributed by atoms with Gasteiger partial charge < -0.3 is 0 Å². The molecule has 0 atom stereocenters. The Labute approximate surface area is 95.3 Å². The van der Waals surface area contributed by atoms with E-state index in [0.29, 0.717) is 11.3 Å². The molecule has 16 heavy (non-hydrogen) atoms. The summed E-state index contributed by atoms with van der Waals surface area (Å²) < 4.78 is 5.32. The van der Waals surface area contributed by atoms with E-state index in [1.54, 1.807) is 38.1 Å². The zero-order valence-electron chi connectivity index (χ0n) is 9.42. The molecule has 0 heterocycles. The van der Waals surface area contributed by atoms with Crippen LogP contribution in [-0.2, 0) is 0 Å². The molecule has 1 aromatic rings. The van der Waals surface area contributed by atoms with Gasteiger partial charge in [-0.15, -0.1) is 0 Å². The number of benzene rings is 1. The molecule has 0 radical (unpaired) electrons. The first-order valence-corrected chi connectivity index (χ1v) is 7.56. The Morgan fingerprint density at radius 1 is 1.19 bits per heavy atom. The molecule has 2 N–H and O–H groups in total. The summed E-state index contributed by atoms with van der Waals surface area (Å²) in [5.41, 5.74) is 0.511. The first kappa shape index (κ1) is 12.9. The van der Waals surface area contributed by atoms with Crippen molar-refractivity contribution in [3.05, 3.63) is 29.8 Å². The van der Waals surface area contributed by atoms with E-state index in [1.807, 2.05) is 6.07 Å². The monoisotopic (exact) mass is 241 g/mol. The van der Waals surface area contributed by atoms with Crippen molar-refractivity contribution >= 4 is 7.28 Å². The molecule has 4 nitrogen and oxygen atoms in total. The van der Waals surface area contributed by atoms with Crippen molar-refractivity contribution in [3.8, 4) is 11.8 Å². The normalized spacial score (nSPS) is 13.6. The molecule has 0 amide bonds. The molecule has 1 rings (SSSR count). The maximum atomic E-state index is 10.1. The van der Waals surface area contributed by atoms with Crippen molar-refractivity contribution in [2.45, 2.75) is 13.8 Å². The third-order valence-electron chi connectivity index (χ3n) is 2.57. The number of nitriles is 1. The SMILES string of the molecule is CCP(O)(O)(CC)Oc1ccc(C#N)cc1. The average Bonchev–Trinajstić information content (AvgIpc) is 2.30. The summed E-state index contributed by atoms with van der Waals surface area (Å²) in [6.45, 7) is 3.37. The number of nitrogens with zero attached hydrogens (tertiary/aromatic N) is 1. The molecule has 5 heteroatoms. The standard InChI is InChI=1S/C11H16NO3P/c1-3-16(13,14,4-2)15-11-7-5-10(9-12)6-8-11/h5-8,13-14H,3-4H2,1-2H3. The molecule has 0 saturated carbocycles. The van der Waals surface area contributed by atoms with E-state index in [-0.39, 0.29) is 12.3 Å². The van der Waals surface area contributed by atoms with E-state index < -0.39 is 7.28 Å². The van der Waals surface area contributed by atoms with Crippen molar-refractivity contribution in [1.29, 1.82) is 5.26 Å². The molecule has 0 aliphatic carbocycles. The zero-order valence-corrected chi connectivity index (χ0v) is 10.3. The quantitative estimate of drug-likeness (QED) is 0.793. The van der Waals surface area contributed by atoms with Crippen LogP contribution in [0.5, 0.6) is 5.75 Å². The van der Waals surface area contributed by atoms with Gasteiger partial charge >= 0.3 is 94.7 Å². The summed E-state index contributed by atoms with van der Waals surface area (Å²) >= 11 is 0. The molecule has 0 aliphatic rings. The Kier molecular flexibility index (Phi) is 3.54. The van der Waals surface area contributed by atoms with Crippen LogP contribution in [0.4, 0.5) is 0 Å². The molecule has 0 bridgehead atoms. The van der Waals surface area contributed by atoms with Crippen molar-refractivity contribution < 1.29 is 14.3 Å². The molecule has 0 aliphatic heterocycles. The first-order chi connectivity index (χ1) is 7.41. The van der Waals surface area contributed by atoms with Gasteiger partial charge in [0.05, 0.1) is 0 Å². The Morgan fingerprint density at radius 3 is 2.06 bits per heavy atom. The van der Waals surface area contributed by atoms with Crippen LogP contribution < -0.4 is 4.52 Å². The summed E-state index contributed by atoms with van der Waals surface area (Å²) in [5.74, 6) is 0.380. The van der Waals surface area contributed by atoms with Gasteiger partial charge in [0.1, 0.15) is 0 Å². The van der Waals surface area contributed by atoms with Crippen LogP contribution in [0.2, 0.25) is 0 Å². The Morgan fingerprint density at radius 2 is 1.69 bits per heavy atom. The second-order valence-corrected chi connectivity index (χ2v) is 7.71. The van der Waals surface area contributed by atoms with E-state index in [0.717, 1.165) is 0 Å². The summed E-state index contributed by atoms with van der Waals surface area (Å²) in [5, 5.41) is 8.62. The minimum atomic E-state index is -4.02. The summed E-state index contributed by atoms with van der Waals surface area (Å²) in [4.78, 5) is 20.1. The third-order valence-corrected chi connectivity index (χ3v) is 5.75. The molecule has 88 valence electrons. The van der Waals surface area contributed by atoms with Crippen molar-refractivity contribution in [3.63, 3.8) is 0 Å². The van der Waals surface area contributed by atoms with Crippen LogP contribution in [-0.4, -0.2) is 22.1 Å². The van der Waals surface area contributed by atoms with Crippen LogP contribution in [0.25, 0.3) is 0 Å². The fraction of sp³-hybridized carbons (Fsp3) is 0.364. The van der Waals surface area contributed by atoms with E-state index in [1.165, 1.54) is 0 Å². The van der Waals surface area contributed by atoms with Gasteiger partial charge in [-0.25, -0.2) is 0 Å². The van der Waals surface area contributed by atoms with E-state index in [9.17, 15) is 9.79 Å². The number of rotatable bonds is 4. The maximum absolute atomic E-state index is 10.1. The zero-order chi connectivity index (χ0) is 12.3.